The van der Waals surface area contributed by atoms with Crippen molar-refractivity contribution in [2.75, 3.05) is 27.2 Å². The van der Waals surface area contributed by atoms with Gasteiger partial charge in [0.1, 0.15) is 5.75 Å². The number of hydrogen-bond acceptors (Lipinski definition) is 4. The molecule has 5 nitrogen and oxygen atoms in total. The molecule has 1 aliphatic heterocycles. The van der Waals surface area contributed by atoms with Crippen LogP contribution in [0.25, 0.3) is 10.1 Å². The maximum absolute atomic E-state index is 12.8. The third-order valence-electron chi connectivity index (χ3n) is 5.55. The van der Waals surface area contributed by atoms with Gasteiger partial charge in [-0.1, -0.05) is 24.3 Å². The van der Waals surface area contributed by atoms with Gasteiger partial charge in [-0.3, -0.25) is 0 Å². The molecule has 6 heteroatoms. The van der Waals surface area contributed by atoms with Crippen molar-refractivity contribution in [2.24, 2.45) is 0 Å². The van der Waals surface area contributed by atoms with Gasteiger partial charge < -0.3 is 20.2 Å². The van der Waals surface area contributed by atoms with Gasteiger partial charge in [0.25, 0.3) is 0 Å². The Bertz CT molecular complexity index is 983. The molecule has 29 heavy (non-hydrogen) atoms. The number of carbonyl (C=O) groups excluding carboxylic acids is 1. The number of amides is 2. The summed E-state index contributed by atoms with van der Waals surface area (Å²) in [4.78, 5) is 17.7. The fourth-order valence-corrected chi connectivity index (χ4v) is 4.98. The Kier molecular flexibility index (Phi) is 5.74. The lowest BCUT2D eigenvalue weighted by Crippen LogP contribution is -2.48. The van der Waals surface area contributed by atoms with Crippen LogP contribution in [0.4, 0.5) is 4.79 Å². The summed E-state index contributed by atoms with van der Waals surface area (Å²) in [7, 11) is 3.74. The van der Waals surface area contributed by atoms with Crippen molar-refractivity contribution < 1.29 is 9.90 Å². The molecular formula is C23H27N3O2S. The molecule has 0 radical (unpaired) electrons. The van der Waals surface area contributed by atoms with Crippen LogP contribution in [0, 0.1) is 0 Å². The normalized spacial score (nSPS) is 15.9. The third-order valence-corrected chi connectivity index (χ3v) is 6.73. The first-order valence-electron chi connectivity index (χ1n) is 9.97. The molecule has 1 unspecified atom stereocenters. The minimum atomic E-state index is 0.0458. The molecule has 2 aromatic carbocycles. The molecule has 0 aliphatic carbocycles. The maximum atomic E-state index is 12.8. The van der Waals surface area contributed by atoms with E-state index in [1.807, 2.05) is 26.2 Å². The first-order valence-corrected chi connectivity index (χ1v) is 10.8. The molecule has 0 saturated heterocycles. The molecule has 152 valence electrons. The Hall–Kier alpha value is -2.57. The van der Waals surface area contributed by atoms with Gasteiger partial charge in [0, 0.05) is 49.3 Å². The number of phenolic OH excluding ortho intramolecular Hbond substituents is 1. The summed E-state index contributed by atoms with van der Waals surface area (Å²) < 4.78 is 1.30. The standard InChI is InChI=1S/C23H27N3O2S/c1-25(10-9-21-13-17-5-3-4-6-22(17)29-21)23(28)26(2)15-19-11-16-7-8-20(27)12-18(16)14-24-19/h3-8,12-13,19,24,27H,9-11,14-15H2,1-2H3. The molecular weight excluding hydrogens is 382 g/mol. The summed E-state index contributed by atoms with van der Waals surface area (Å²) in [5, 5.41) is 14.4. The molecule has 0 spiro atoms. The Balaban J connectivity index is 1.29. The van der Waals surface area contributed by atoms with Crippen molar-refractivity contribution in [3.8, 4) is 5.75 Å². The highest BCUT2D eigenvalue weighted by molar-refractivity contribution is 7.19. The zero-order chi connectivity index (χ0) is 20.4. The lowest BCUT2D eigenvalue weighted by atomic mass is 9.95. The van der Waals surface area contributed by atoms with Crippen LogP contribution in [-0.4, -0.2) is 54.2 Å². The van der Waals surface area contributed by atoms with Crippen LogP contribution < -0.4 is 5.32 Å². The summed E-state index contributed by atoms with van der Waals surface area (Å²) in [6.45, 7) is 2.08. The maximum Gasteiger partial charge on any atom is 0.319 e. The SMILES string of the molecule is CN(CCc1cc2ccccc2s1)C(=O)N(C)CC1Cc2ccc(O)cc2CN1. The number of urea groups is 1. The van der Waals surface area contributed by atoms with Gasteiger partial charge in [0.05, 0.1) is 0 Å². The number of fused-ring (bicyclic) bond motifs is 2. The van der Waals surface area contributed by atoms with Crippen LogP contribution in [0.2, 0.25) is 0 Å². The summed E-state index contributed by atoms with van der Waals surface area (Å²) in [6.07, 6.45) is 1.73. The highest BCUT2D eigenvalue weighted by atomic mass is 32.1. The molecule has 1 atom stereocenters. The second-order valence-corrected chi connectivity index (χ2v) is 8.99. The van der Waals surface area contributed by atoms with Crippen molar-refractivity contribution in [1.29, 1.82) is 0 Å². The lowest BCUT2D eigenvalue weighted by Gasteiger charge is -2.32. The van der Waals surface area contributed by atoms with Gasteiger partial charge in [-0.25, -0.2) is 4.79 Å². The summed E-state index contributed by atoms with van der Waals surface area (Å²) in [5.41, 5.74) is 2.38. The fourth-order valence-electron chi connectivity index (χ4n) is 3.93. The van der Waals surface area contributed by atoms with E-state index in [1.54, 1.807) is 27.2 Å². The highest BCUT2D eigenvalue weighted by Gasteiger charge is 2.23. The van der Waals surface area contributed by atoms with Gasteiger partial charge >= 0.3 is 6.03 Å². The average Bonchev–Trinajstić information content (AvgIpc) is 3.14. The van der Waals surface area contributed by atoms with Crippen LogP contribution in [0.5, 0.6) is 5.75 Å². The van der Waals surface area contributed by atoms with E-state index < -0.39 is 0 Å². The Morgan fingerprint density at radius 2 is 1.97 bits per heavy atom. The van der Waals surface area contributed by atoms with E-state index in [1.165, 1.54) is 20.5 Å². The quantitative estimate of drug-likeness (QED) is 0.673. The van der Waals surface area contributed by atoms with Crippen molar-refractivity contribution in [3.63, 3.8) is 0 Å². The van der Waals surface area contributed by atoms with E-state index in [4.69, 9.17) is 0 Å². The predicted molar refractivity (Wildman–Crippen MR) is 119 cm³/mol. The van der Waals surface area contributed by atoms with Crippen LogP contribution in [0.1, 0.15) is 16.0 Å². The van der Waals surface area contributed by atoms with Crippen molar-refractivity contribution in [3.05, 3.63) is 64.5 Å². The van der Waals surface area contributed by atoms with Crippen LogP contribution >= 0.6 is 11.3 Å². The minimum Gasteiger partial charge on any atom is -0.508 e. The van der Waals surface area contributed by atoms with Gasteiger partial charge in [-0.05, 0) is 53.6 Å². The predicted octanol–water partition coefficient (Wildman–Crippen LogP) is 3.85. The molecule has 4 rings (SSSR count). The third kappa shape index (κ3) is 4.54. The van der Waals surface area contributed by atoms with Gasteiger partial charge in [-0.2, -0.15) is 0 Å². The largest absolute Gasteiger partial charge is 0.508 e. The number of carbonyl (C=O) groups is 1. The molecule has 0 saturated carbocycles. The van der Waals surface area contributed by atoms with Crippen LogP contribution in [-0.2, 0) is 19.4 Å². The smallest absolute Gasteiger partial charge is 0.319 e. The number of aromatic hydroxyl groups is 1. The van der Waals surface area contributed by atoms with Gasteiger partial charge in [0.2, 0.25) is 0 Å². The van der Waals surface area contributed by atoms with Gasteiger partial charge in [-0.15, -0.1) is 11.3 Å². The number of nitrogens with one attached hydrogen (secondary N) is 1. The molecule has 0 bridgehead atoms. The molecule has 1 aliphatic rings. The molecule has 3 aromatic rings. The van der Waals surface area contributed by atoms with E-state index in [-0.39, 0.29) is 12.1 Å². The second-order valence-electron chi connectivity index (χ2n) is 7.82. The van der Waals surface area contributed by atoms with E-state index in [9.17, 15) is 9.90 Å². The minimum absolute atomic E-state index is 0.0458. The van der Waals surface area contributed by atoms with E-state index in [0.29, 0.717) is 18.8 Å². The molecule has 2 heterocycles. The summed E-state index contributed by atoms with van der Waals surface area (Å²) in [6, 6.07) is 16.4. The fraction of sp³-hybridized carbons (Fsp3) is 0.348. The van der Waals surface area contributed by atoms with E-state index >= 15 is 0 Å². The number of rotatable bonds is 5. The van der Waals surface area contributed by atoms with Crippen molar-refractivity contribution in [2.45, 2.75) is 25.4 Å². The number of phenols is 1. The van der Waals surface area contributed by atoms with E-state index in [0.717, 1.165) is 24.9 Å². The highest BCUT2D eigenvalue weighted by Crippen LogP contribution is 2.26. The lowest BCUT2D eigenvalue weighted by molar-refractivity contribution is 0.168. The van der Waals surface area contributed by atoms with Crippen molar-refractivity contribution >= 4 is 27.5 Å². The summed E-state index contributed by atoms with van der Waals surface area (Å²) >= 11 is 1.80. The molecule has 1 aromatic heterocycles. The number of nitrogens with zero attached hydrogens (tertiary/aromatic N) is 2. The van der Waals surface area contributed by atoms with Crippen molar-refractivity contribution in [1.82, 2.24) is 15.1 Å². The average molecular weight is 410 g/mol. The van der Waals surface area contributed by atoms with E-state index in [2.05, 4.69) is 35.6 Å². The number of hydrogen-bond donors (Lipinski definition) is 2. The van der Waals surface area contributed by atoms with Crippen LogP contribution in [0.3, 0.4) is 0 Å². The van der Waals surface area contributed by atoms with Crippen LogP contribution in [0.15, 0.2) is 48.5 Å². The number of thiophene rings is 1. The Morgan fingerprint density at radius 3 is 2.79 bits per heavy atom. The first-order chi connectivity index (χ1) is 14.0. The first kappa shape index (κ1) is 19.7. The monoisotopic (exact) mass is 409 g/mol. The Morgan fingerprint density at radius 1 is 1.14 bits per heavy atom. The second kappa shape index (κ2) is 8.43. The number of benzene rings is 2. The van der Waals surface area contributed by atoms with Gasteiger partial charge in [0.15, 0.2) is 0 Å². The zero-order valence-corrected chi connectivity index (χ0v) is 17.7. The number of likely N-dealkylation sites (N-methyl/N-ethyl adjacent to an activating group) is 2. The topological polar surface area (TPSA) is 55.8 Å². The Labute approximate surface area is 175 Å². The zero-order valence-electron chi connectivity index (χ0n) is 16.9. The molecule has 2 N–H and O–H groups in total. The molecule has 0 fully saturated rings. The molecule has 2 amide bonds. The summed E-state index contributed by atoms with van der Waals surface area (Å²) in [5.74, 6) is 0.302.